The summed E-state index contributed by atoms with van der Waals surface area (Å²) in [5, 5.41) is 9.29. The van der Waals surface area contributed by atoms with Gasteiger partial charge in [0, 0.05) is 13.5 Å². The Kier molecular flexibility index (Phi) is 2.65. The third-order valence-electron chi connectivity index (χ3n) is 1.74. The van der Waals surface area contributed by atoms with E-state index in [0.29, 0.717) is 6.61 Å². The first-order valence-electron chi connectivity index (χ1n) is 3.56. The summed E-state index contributed by atoms with van der Waals surface area (Å²) >= 11 is 0. The third kappa shape index (κ3) is 1.68. The summed E-state index contributed by atoms with van der Waals surface area (Å²) in [7, 11) is 1.61. The van der Waals surface area contributed by atoms with Gasteiger partial charge < -0.3 is 14.6 Å². The van der Waals surface area contributed by atoms with Crippen LogP contribution >= 0.6 is 0 Å². The Morgan fingerprint density at radius 1 is 1.70 bits per heavy atom. The molecule has 0 spiro atoms. The van der Waals surface area contributed by atoms with E-state index in [1.807, 2.05) is 6.92 Å². The zero-order valence-corrected chi connectivity index (χ0v) is 6.41. The SMILES string of the molecule is COC[C@H]1O[C@@H](C)CC1O. The van der Waals surface area contributed by atoms with Gasteiger partial charge in [0.15, 0.2) is 0 Å². The van der Waals surface area contributed by atoms with Crippen molar-refractivity contribution < 1.29 is 14.6 Å². The predicted octanol–water partition coefficient (Wildman–Crippen LogP) is 0.171. The molecule has 1 fully saturated rings. The van der Waals surface area contributed by atoms with Crippen LogP contribution in [-0.2, 0) is 9.47 Å². The summed E-state index contributed by atoms with van der Waals surface area (Å²) in [4.78, 5) is 0. The van der Waals surface area contributed by atoms with Gasteiger partial charge >= 0.3 is 0 Å². The van der Waals surface area contributed by atoms with Crippen LogP contribution in [0.1, 0.15) is 13.3 Å². The summed E-state index contributed by atoms with van der Waals surface area (Å²) in [6.07, 6.45) is 0.457. The lowest BCUT2D eigenvalue weighted by atomic mass is 10.1. The second kappa shape index (κ2) is 3.32. The van der Waals surface area contributed by atoms with Gasteiger partial charge in [0.25, 0.3) is 0 Å². The lowest BCUT2D eigenvalue weighted by molar-refractivity contribution is -0.0288. The van der Waals surface area contributed by atoms with E-state index in [0.717, 1.165) is 6.42 Å². The Balaban J connectivity index is 2.31. The maximum atomic E-state index is 9.29. The molecule has 1 N–H and O–H groups in total. The minimum absolute atomic E-state index is 0.111. The second-order valence-electron chi connectivity index (χ2n) is 2.74. The number of aliphatic hydroxyl groups is 1. The van der Waals surface area contributed by atoms with Crippen LogP contribution in [0.15, 0.2) is 0 Å². The monoisotopic (exact) mass is 146 g/mol. The van der Waals surface area contributed by atoms with Crippen LogP contribution < -0.4 is 0 Å². The molecule has 0 aromatic carbocycles. The van der Waals surface area contributed by atoms with Gasteiger partial charge in [-0.2, -0.15) is 0 Å². The molecule has 0 saturated carbocycles. The number of hydrogen-bond acceptors (Lipinski definition) is 3. The summed E-state index contributed by atoms with van der Waals surface area (Å²) < 4.78 is 10.2. The zero-order valence-electron chi connectivity index (χ0n) is 6.41. The van der Waals surface area contributed by atoms with Crippen LogP contribution in [-0.4, -0.2) is 37.1 Å². The van der Waals surface area contributed by atoms with Crippen molar-refractivity contribution in [3.05, 3.63) is 0 Å². The van der Waals surface area contributed by atoms with Crippen molar-refractivity contribution in [1.29, 1.82) is 0 Å². The summed E-state index contributed by atoms with van der Waals surface area (Å²) in [5.74, 6) is 0. The molecule has 0 amide bonds. The molecular weight excluding hydrogens is 132 g/mol. The highest BCUT2D eigenvalue weighted by molar-refractivity contribution is 4.79. The van der Waals surface area contributed by atoms with Crippen molar-refractivity contribution in [2.24, 2.45) is 0 Å². The van der Waals surface area contributed by atoms with Crippen molar-refractivity contribution in [3.63, 3.8) is 0 Å². The van der Waals surface area contributed by atoms with Gasteiger partial charge in [-0.1, -0.05) is 0 Å². The molecule has 3 atom stereocenters. The molecule has 1 rings (SSSR count). The minimum atomic E-state index is -0.338. The summed E-state index contributed by atoms with van der Waals surface area (Å²) in [6, 6.07) is 0. The van der Waals surface area contributed by atoms with Gasteiger partial charge in [-0.15, -0.1) is 0 Å². The Bertz CT molecular complexity index is 105. The van der Waals surface area contributed by atoms with E-state index in [4.69, 9.17) is 9.47 Å². The van der Waals surface area contributed by atoms with Crippen molar-refractivity contribution in [2.45, 2.75) is 31.7 Å². The molecule has 1 unspecified atom stereocenters. The molecule has 1 aliphatic heterocycles. The lowest BCUT2D eigenvalue weighted by Gasteiger charge is -2.11. The van der Waals surface area contributed by atoms with Gasteiger partial charge in [-0.05, 0) is 6.92 Å². The second-order valence-corrected chi connectivity index (χ2v) is 2.74. The quantitative estimate of drug-likeness (QED) is 0.603. The number of ether oxygens (including phenoxy) is 2. The Morgan fingerprint density at radius 2 is 2.40 bits per heavy atom. The van der Waals surface area contributed by atoms with Gasteiger partial charge in [0.05, 0.1) is 18.8 Å². The largest absolute Gasteiger partial charge is 0.390 e. The first-order valence-corrected chi connectivity index (χ1v) is 3.56. The summed E-state index contributed by atoms with van der Waals surface area (Å²) in [5.41, 5.74) is 0. The fraction of sp³-hybridized carbons (Fsp3) is 1.00. The van der Waals surface area contributed by atoms with E-state index in [1.165, 1.54) is 0 Å². The number of hydrogen-bond donors (Lipinski definition) is 1. The predicted molar refractivity (Wildman–Crippen MR) is 36.8 cm³/mol. The fourth-order valence-corrected chi connectivity index (χ4v) is 1.25. The zero-order chi connectivity index (χ0) is 7.56. The molecule has 3 heteroatoms. The van der Waals surface area contributed by atoms with Gasteiger partial charge in [0.1, 0.15) is 6.10 Å². The molecule has 3 nitrogen and oxygen atoms in total. The molecule has 0 aliphatic carbocycles. The molecule has 0 aromatic rings. The van der Waals surface area contributed by atoms with Crippen LogP contribution in [0.4, 0.5) is 0 Å². The smallest absolute Gasteiger partial charge is 0.107 e. The van der Waals surface area contributed by atoms with Gasteiger partial charge in [0.2, 0.25) is 0 Å². The standard InChI is InChI=1S/C7H14O3/c1-5-3-6(8)7(10-5)4-9-2/h5-8H,3-4H2,1-2H3/t5-,6?,7+/m0/s1. The summed E-state index contributed by atoms with van der Waals surface area (Å²) in [6.45, 7) is 2.45. The molecule has 1 heterocycles. The van der Waals surface area contributed by atoms with E-state index in [9.17, 15) is 5.11 Å². The topological polar surface area (TPSA) is 38.7 Å². The van der Waals surface area contributed by atoms with E-state index in [1.54, 1.807) is 7.11 Å². The van der Waals surface area contributed by atoms with E-state index in [-0.39, 0.29) is 18.3 Å². The Hall–Kier alpha value is -0.120. The lowest BCUT2D eigenvalue weighted by Crippen LogP contribution is -2.25. The highest BCUT2D eigenvalue weighted by Crippen LogP contribution is 2.19. The average Bonchev–Trinajstić information content (AvgIpc) is 2.13. The normalized spacial score (nSPS) is 40.5. The van der Waals surface area contributed by atoms with Crippen LogP contribution in [0.2, 0.25) is 0 Å². The first kappa shape index (κ1) is 7.98. The van der Waals surface area contributed by atoms with Crippen LogP contribution in [0.25, 0.3) is 0 Å². The van der Waals surface area contributed by atoms with Crippen LogP contribution in [0.3, 0.4) is 0 Å². The maximum absolute atomic E-state index is 9.29. The van der Waals surface area contributed by atoms with Crippen molar-refractivity contribution in [1.82, 2.24) is 0 Å². The van der Waals surface area contributed by atoms with Crippen LogP contribution in [0, 0.1) is 0 Å². The first-order chi connectivity index (χ1) is 4.74. The molecule has 0 aromatic heterocycles. The van der Waals surface area contributed by atoms with E-state index in [2.05, 4.69) is 0 Å². The molecule has 10 heavy (non-hydrogen) atoms. The molecule has 60 valence electrons. The highest BCUT2D eigenvalue weighted by atomic mass is 16.5. The van der Waals surface area contributed by atoms with E-state index < -0.39 is 0 Å². The number of rotatable bonds is 2. The van der Waals surface area contributed by atoms with Crippen LogP contribution in [0.5, 0.6) is 0 Å². The van der Waals surface area contributed by atoms with Crippen molar-refractivity contribution in [2.75, 3.05) is 13.7 Å². The maximum Gasteiger partial charge on any atom is 0.107 e. The highest BCUT2D eigenvalue weighted by Gasteiger charge is 2.30. The number of aliphatic hydroxyl groups excluding tert-OH is 1. The third-order valence-corrected chi connectivity index (χ3v) is 1.74. The molecule has 1 aliphatic rings. The minimum Gasteiger partial charge on any atom is -0.390 e. The van der Waals surface area contributed by atoms with Crippen molar-refractivity contribution >= 4 is 0 Å². The molecule has 0 radical (unpaired) electrons. The van der Waals surface area contributed by atoms with E-state index >= 15 is 0 Å². The Labute approximate surface area is 60.9 Å². The van der Waals surface area contributed by atoms with Gasteiger partial charge in [-0.25, -0.2) is 0 Å². The molecular formula is C7H14O3. The molecule has 1 saturated heterocycles. The Morgan fingerprint density at radius 3 is 2.80 bits per heavy atom. The van der Waals surface area contributed by atoms with Crippen molar-refractivity contribution in [3.8, 4) is 0 Å². The molecule has 0 bridgehead atoms. The van der Waals surface area contributed by atoms with Gasteiger partial charge in [-0.3, -0.25) is 0 Å². The average molecular weight is 146 g/mol. The number of methoxy groups -OCH3 is 1. The fourth-order valence-electron chi connectivity index (χ4n) is 1.25.